The van der Waals surface area contributed by atoms with E-state index in [4.69, 9.17) is 5.73 Å². The van der Waals surface area contributed by atoms with E-state index in [9.17, 15) is 4.79 Å². The molecule has 5 nitrogen and oxygen atoms in total. The van der Waals surface area contributed by atoms with E-state index in [1.807, 2.05) is 11.8 Å². The molecule has 0 atom stereocenters. The first-order valence-corrected chi connectivity index (χ1v) is 7.76. The van der Waals surface area contributed by atoms with Crippen molar-refractivity contribution in [3.63, 3.8) is 0 Å². The third-order valence-corrected chi connectivity index (χ3v) is 4.58. The summed E-state index contributed by atoms with van der Waals surface area (Å²) >= 11 is 1.41. The van der Waals surface area contributed by atoms with Crippen LogP contribution >= 0.6 is 11.3 Å². The van der Waals surface area contributed by atoms with Crippen LogP contribution in [0.3, 0.4) is 0 Å². The average Bonchev–Trinajstić information content (AvgIpc) is 3.15. The predicted molar refractivity (Wildman–Crippen MR) is 79.8 cm³/mol. The number of carbonyl (C=O) groups is 1. The molecule has 2 rings (SSSR count). The maximum absolute atomic E-state index is 12.5. The molecular formula is C13H22N4OS. The second kappa shape index (κ2) is 5.77. The number of hydrogen-bond acceptors (Lipinski definition) is 5. The lowest BCUT2D eigenvalue weighted by Gasteiger charge is -2.19. The normalized spacial score (nSPS) is 14.5. The predicted octanol–water partition coefficient (Wildman–Crippen LogP) is 2.20. The molecule has 1 aromatic rings. The summed E-state index contributed by atoms with van der Waals surface area (Å²) < 4.78 is 0. The Hall–Kier alpha value is -1.30. The van der Waals surface area contributed by atoms with Crippen LogP contribution in [0.5, 0.6) is 0 Å². The molecule has 1 saturated carbocycles. The van der Waals surface area contributed by atoms with Crippen LogP contribution in [0.1, 0.15) is 43.3 Å². The Labute approximate surface area is 118 Å². The van der Waals surface area contributed by atoms with Crippen molar-refractivity contribution >= 4 is 28.2 Å². The molecule has 19 heavy (non-hydrogen) atoms. The summed E-state index contributed by atoms with van der Waals surface area (Å²) in [5.74, 6) is 0.411. The van der Waals surface area contributed by atoms with Gasteiger partial charge in [-0.3, -0.25) is 4.79 Å². The van der Waals surface area contributed by atoms with Gasteiger partial charge in [0, 0.05) is 25.7 Å². The lowest BCUT2D eigenvalue weighted by molar-refractivity contribution is 0.0758. The Kier molecular flexibility index (Phi) is 4.29. The molecule has 0 unspecified atom stereocenters. The minimum atomic E-state index is 0.0402. The smallest absolute Gasteiger partial charge is 0.268 e. The largest absolute Gasteiger partial charge is 0.382 e. The van der Waals surface area contributed by atoms with Gasteiger partial charge in [0.05, 0.1) is 0 Å². The lowest BCUT2D eigenvalue weighted by atomic mass is 10.4. The molecule has 0 radical (unpaired) electrons. The summed E-state index contributed by atoms with van der Waals surface area (Å²) in [5, 5.41) is 0.845. The zero-order valence-corrected chi connectivity index (χ0v) is 12.7. The first-order valence-electron chi connectivity index (χ1n) is 6.94. The van der Waals surface area contributed by atoms with E-state index in [1.54, 1.807) is 0 Å². The number of thiazole rings is 1. The molecule has 0 saturated heterocycles. The van der Waals surface area contributed by atoms with Crippen molar-refractivity contribution in [2.75, 3.05) is 30.3 Å². The highest BCUT2D eigenvalue weighted by Gasteiger charge is 2.33. The average molecular weight is 282 g/mol. The highest BCUT2D eigenvalue weighted by atomic mass is 32.1. The Morgan fingerprint density at radius 1 is 1.32 bits per heavy atom. The van der Waals surface area contributed by atoms with Crippen molar-refractivity contribution in [2.45, 2.75) is 39.7 Å². The number of carbonyl (C=O) groups excluding carboxylic acids is 1. The maximum Gasteiger partial charge on any atom is 0.268 e. The molecule has 0 aliphatic heterocycles. The number of aromatic nitrogens is 1. The quantitative estimate of drug-likeness (QED) is 0.869. The summed E-state index contributed by atoms with van der Waals surface area (Å²) in [7, 11) is 0. The molecule has 1 heterocycles. The molecule has 1 aromatic heterocycles. The third kappa shape index (κ3) is 2.83. The number of amides is 1. The van der Waals surface area contributed by atoms with E-state index in [1.165, 1.54) is 11.3 Å². The SMILES string of the molecule is CCN(CC)c1nc(N)c(C(=O)N(CC)C2CC2)s1. The van der Waals surface area contributed by atoms with Crippen LogP contribution in [0.15, 0.2) is 0 Å². The zero-order chi connectivity index (χ0) is 14.0. The van der Waals surface area contributed by atoms with Crippen LogP contribution in [0.25, 0.3) is 0 Å². The fraction of sp³-hybridized carbons (Fsp3) is 0.692. The standard InChI is InChI=1S/C13H22N4OS/c1-4-16(5-2)13-15-11(14)10(19-13)12(18)17(6-3)9-7-8-9/h9H,4-8,14H2,1-3H3. The first-order chi connectivity index (χ1) is 9.12. The van der Waals surface area contributed by atoms with Crippen molar-refractivity contribution in [1.29, 1.82) is 0 Å². The number of nitrogens with zero attached hydrogens (tertiary/aromatic N) is 3. The highest BCUT2D eigenvalue weighted by molar-refractivity contribution is 7.18. The van der Waals surface area contributed by atoms with Crippen molar-refractivity contribution in [1.82, 2.24) is 9.88 Å². The maximum atomic E-state index is 12.5. The van der Waals surface area contributed by atoms with Crippen LogP contribution in [-0.4, -0.2) is 41.5 Å². The highest BCUT2D eigenvalue weighted by Crippen LogP contribution is 2.33. The molecule has 1 fully saturated rings. The molecule has 1 amide bonds. The molecule has 0 bridgehead atoms. The molecule has 0 spiro atoms. The Bertz CT molecular complexity index is 451. The Morgan fingerprint density at radius 3 is 2.42 bits per heavy atom. The van der Waals surface area contributed by atoms with Crippen LogP contribution in [0.4, 0.5) is 10.9 Å². The van der Waals surface area contributed by atoms with Gasteiger partial charge in [-0.25, -0.2) is 4.98 Å². The summed E-state index contributed by atoms with van der Waals surface area (Å²) in [5.41, 5.74) is 5.93. The molecular weight excluding hydrogens is 260 g/mol. The summed E-state index contributed by atoms with van der Waals surface area (Å²) in [4.78, 5) is 21.5. The minimum Gasteiger partial charge on any atom is -0.382 e. The van der Waals surface area contributed by atoms with Gasteiger partial charge in [-0.1, -0.05) is 11.3 Å². The topological polar surface area (TPSA) is 62.5 Å². The van der Waals surface area contributed by atoms with Gasteiger partial charge in [0.1, 0.15) is 10.7 Å². The van der Waals surface area contributed by atoms with Crippen molar-refractivity contribution in [2.24, 2.45) is 0 Å². The fourth-order valence-electron chi connectivity index (χ4n) is 2.19. The van der Waals surface area contributed by atoms with Crippen LogP contribution in [-0.2, 0) is 0 Å². The van der Waals surface area contributed by atoms with Crippen molar-refractivity contribution in [3.05, 3.63) is 4.88 Å². The van der Waals surface area contributed by atoms with Crippen molar-refractivity contribution in [3.8, 4) is 0 Å². The third-order valence-electron chi connectivity index (χ3n) is 3.46. The zero-order valence-electron chi connectivity index (χ0n) is 11.8. The first kappa shape index (κ1) is 14.1. The molecule has 106 valence electrons. The van der Waals surface area contributed by atoms with Crippen molar-refractivity contribution < 1.29 is 4.79 Å². The van der Waals surface area contributed by atoms with Gasteiger partial charge < -0.3 is 15.5 Å². The van der Waals surface area contributed by atoms with E-state index in [0.29, 0.717) is 16.7 Å². The number of nitrogens with two attached hydrogens (primary N) is 1. The van der Waals surface area contributed by atoms with Gasteiger partial charge in [0.15, 0.2) is 5.13 Å². The number of nitrogen functional groups attached to an aromatic ring is 1. The monoisotopic (exact) mass is 282 g/mol. The molecule has 0 aromatic carbocycles. The van der Waals surface area contributed by atoms with Crippen LogP contribution < -0.4 is 10.6 Å². The number of rotatable bonds is 6. The molecule has 1 aliphatic rings. The van der Waals surface area contributed by atoms with Gasteiger partial charge in [-0.15, -0.1) is 0 Å². The van der Waals surface area contributed by atoms with Gasteiger partial charge in [0.25, 0.3) is 5.91 Å². The van der Waals surface area contributed by atoms with Gasteiger partial charge >= 0.3 is 0 Å². The summed E-state index contributed by atoms with van der Waals surface area (Å²) in [6.45, 7) is 8.64. The van der Waals surface area contributed by atoms with Gasteiger partial charge in [-0.05, 0) is 33.6 Å². The number of hydrogen-bond donors (Lipinski definition) is 1. The van der Waals surface area contributed by atoms with Gasteiger partial charge in [0.2, 0.25) is 0 Å². The minimum absolute atomic E-state index is 0.0402. The number of anilines is 2. The van der Waals surface area contributed by atoms with Crippen LogP contribution in [0, 0.1) is 0 Å². The fourth-order valence-corrected chi connectivity index (χ4v) is 3.26. The lowest BCUT2D eigenvalue weighted by Crippen LogP contribution is -2.32. The molecule has 1 aliphatic carbocycles. The summed E-state index contributed by atoms with van der Waals surface area (Å²) in [6.07, 6.45) is 2.22. The van der Waals surface area contributed by atoms with E-state index >= 15 is 0 Å². The van der Waals surface area contributed by atoms with E-state index in [-0.39, 0.29) is 5.91 Å². The second-order valence-electron chi connectivity index (χ2n) is 4.71. The van der Waals surface area contributed by atoms with E-state index in [0.717, 1.165) is 37.6 Å². The Morgan fingerprint density at radius 2 is 1.95 bits per heavy atom. The molecule has 2 N–H and O–H groups in total. The molecule has 6 heteroatoms. The van der Waals surface area contributed by atoms with E-state index < -0.39 is 0 Å². The second-order valence-corrected chi connectivity index (χ2v) is 5.68. The van der Waals surface area contributed by atoms with Crippen LogP contribution in [0.2, 0.25) is 0 Å². The van der Waals surface area contributed by atoms with Gasteiger partial charge in [-0.2, -0.15) is 0 Å². The Balaban J connectivity index is 2.22. The van der Waals surface area contributed by atoms with E-state index in [2.05, 4.69) is 23.7 Å². The summed E-state index contributed by atoms with van der Waals surface area (Å²) in [6, 6.07) is 0.413.